The number of nitrogens with two attached hydrogens (primary N) is 1. The lowest BCUT2D eigenvalue weighted by atomic mass is 10.1. The number of hydrogen-bond donors (Lipinski definition) is 1. The van der Waals surface area contributed by atoms with Crippen LogP contribution in [0.4, 0.5) is 0 Å². The first kappa shape index (κ1) is 22.4. The number of aryl methyl sites for hydroxylation is 1. The van der Waals surface area contributed by atoms with E-state index in [9.17, 15) is 0 Å². The van der Waals surface area contributed by atoms with Gasteiger partial charge in [0.15, 0.2) is 0 Å². The van der Waals surface area contributed by atoms with Crippen molar-refractivity contribution in [3.05, 3.63) is 65.7 Å². The third kappa shape index (κ3) is 8.85. The molecular weight excluding hydrogens is 352 g/mol. The van der Waals surface area contributed by atoms with Crippen molar-refractivity contribution in [2.75, 3.05) is 53.1 Å². The molecule has 28 heavy (non-hydrogen) atoms. The Balaban J connectivity index is 1.78. The first-order chi connectivity index (χ1) is 13.7. The van der Waals surface area contributed by atoms with Crippen LogP contribution in [0.3, 0.4) is 0 Å². The van der Waals surface area contributed by atoms with Crippen LogP contribution in [0.5, 0.6) is 5.75 Å². The van der Waals surface area contributed by atoms with Gasteiger partial charge in [-0.3, -0.25) is 0 Å². The Kier molecular flexibility index (Phi) is 10.6. The zero-order valence-electron chi connectivity index (χ0n) is 17.2. The number of benzene rings is 2. The molecule has 1 unspecified atom stereocenters. The van der Waals surface area contributed by atoms with Gasteiger partial charge in [-0.05, 0) is 31.7 Å². The predicted octanol–water partition coefficient (Wildman–Crippen LogP) is 3.43. The summed E-state index contributed by atoms with van der Waals surface area (Å²) in [5.41, 5.74) is 7.81. The maximum atomic E-state index is 6.30. The summed E-state index contributed by atoms with van der Waals surface area (Å²) < 4.78 is 17.2. The third-order valence-electron chi connectivity index (χ3n) is 4.50. The second-order valence-corrected chi connectivity index (χ2v) is 6.94. The number of hydrogen-bond acceptors (Lipinski definition) is 5. The van der Waals surface area contributed by atoms with Gasteiger partial charge >= 0.3 is 0 Å². The lowest BCUT2D eigenvalue weighted by molar-refractivity contribution is 0.0424. The SMILES string of the molecule is Cc1ccc(OC(CCN(C)CCOCCOCCN)c2ccccc2)cc1. The van der Waals surface area contributed by atoms with Crippen molar-refractivity contribution in [2.45, 2.75) is 19.4 Å². The minimum atomic E-state index is 0.0249. The van der Waals surface area contributed by atoms with E-state index < -0.39 is 0 Å². The molecule has 2 aromatic carbocycles. The molecule has 0 aliphatic rings. The van der Waals surface area contributed by atoms with Gasteiger partial charge in [0, 0.05) is 26.1 Å². The molecule has 2 rings (SSSR count). The average Bonchev–Trinajstić information content (AvgIpc) is 2.72. The second kappa shape index (κ2) is 13.3. The molecule has 0 aromatic heterocycles. The molecule has 0 spiro atoms. The second-order valence-electron chi connectivity index (χ2n) is 6.94. The largest absolute Gasteiger partial charge is 0.486 e. The van der Waals surface area contributed by atoms with E-state index >= 15 is 0 Å². The van der Waals surface area contributed by atoms with Crippen molar-refractivity contribution in [3.63, 3.8) is 0 Å². The highest BCUT2D eigenvalue weighted by molar-refractivity contribution is 5.28. The van der Waals surface area contributed by atoms with Crippen molar-refractivity contribution in [1.82, 2.24) is 4.90 Å². The molecular formula is C23H34N2O3. The predicted molar refractivity (Wildman–Crippen MR) is 114 cm³/mol. The number of likely N-dealkylation sites (N-methyl/N-ethyl adjacent to an activating group) is 1. The van der Waals surface area contributed by atoms with Gasteiger partial charge in [0.2, 0.25) is 0 Å². The zero-order valence-corrected chi connectivity index (χ0v) is 17.2. The van der Waals surface area contributed by atoms with Gasteiger partial charge in [0.25, 0.3) is 0 Å². The van der Waals surface area contributed by atoms with E-state index in [0.717, 1.165) is 25.3 Å². The van der Waals surface area contributed by atoms with Gasteiger partial charge in [0.1, 0.15) is 11.9 Å². The van der Waals surface area contributed by atoms with E-state index in [-0.39, 0.29) is 6.10 Å². The van der Waals surface area contributed by atoms with Gasteiger partial charge in [-0.1, -0.05) is 48.0 Å². The summed E-state index contributed by atoms with van der Waals surface area (Å²) in [5, 5.41) is 0. The molecule has 0 aliphatic heterocycles. The summed E-state index contributed by atoms with van der Waals surface area (Å²) in [6.07, 6.45) is 0.936. The number of rotatable bonds is 14. The molecule has 0 bridgehead atoms. The fourth-order valence-corrected chi connectivity index (χ4v) is 2.82. The van der Waals surface area contributed by atoms with Crippen LogP contribution in [0.15, 0.2) is 54.6 Å². The van der Waals surface area contributed by atoms with Crippen LogP contribution in [0.25, 0.3) is 0 Å². The number of nitrogens with zero attached hydrogens (tertiary/aromatic N) is 1. The minimum absolute atomic E-state index is 0.0249. The minimum Gasteiger partial charge on any atom is -0.486 e. The van der Waals surface area contributed by atoms with Crippen LogP contribution >= 0.6 is 0 Å². The van der Waals surface area contributed by atoms with E-state index in [2.05, 4.69) is 55.3 Å². The third-order valence-corrected chi connectivity index (χ3v) is 4.50. The van der Waals surface area contributed by atoms with Gasteiger partial charge in [-0.15, -0.1) is 0 Å². The summed E-state index contributed by atoms with van der Waals surface area (Å²) >= 11 is 0. The van der Waals surface area contributed by atoms with Crippen LogP contribution in [0.2, 0.25) is 0 Å². The summed E-state index contributed by atoms with van der Waals surface area (Å²) in [7, 11) is 2.11. The average molecular weight is 387 g/mol. The van der Waals surface area contributed by atoms with Gasteiger partial charge in [-0.2, -0.15) is 0 Å². The van der Waals surface area contributed by atoms with Crippen molar-refractivity contribution >= 4 is 0 Å². The molecule has 0 aliphatic carbocycles. The summed E-state index contributed by atoms with van der Waals surface area (Å²) in [4.78, 5) is 2.27. The van der Waals surface area contributed by atoms with E-state index in [1.54, 1.807) is 0 Å². The Morgan fingerprint density at radius 2 is 1.54 bits per heavy atom. The van der Waals surface area contributed by atoms with Crippen LogP contribution in [0.1, 0.15) is 23.7 Å². The first-order valence-corrected chi connectivity index (χ1v) is 10.0. The van der Waals surface area contributed by atoms with Gasteiger partial charge < -0.3 is 24.8 Å². The normalized spacial score (nSPS) is 12.3. The molecule has 0 fully saturated rings. The standard InChI is InChI=1S/C23H34N2O3/c1-20-8-10-22(11-9-20)28-23(21-6-4-3-5-7-21)12-14-25(2)15-17-27-19-18-26-16-13-24/h3-11,23H,12-19,24H2,1-2H3. The highest BCUT2D eigenvalue weighted by atomic mass is 16.5. The summed E-state index contributed by atoms with van der Waals surface area (Å²) in [5.74, 6) is 0.905. The highest BCUT2D eigenvalue weighted by Gasteiger charge is 2.14. The Bertz CT molecular complexity index is 634. The van der Waals surface area contributed by atoms with Crippen LogP contribution in [0, 0.1) is 6.92 Å². The Morgan fingerprint density at radius 1 is 0.857 bits per heavy atom. The van der Waals surface area contributed by atoms with E-state index in [1.807, 2.05) is 18.2 Å². The molecule has 0 saturated carbocycles. The summed E-state index contributed by atoms with van der Waals surface area (Å²) in [6.45, 7) is 6.93. The summed E-state index contributed by atoms with van der Waals surface area (Å²) in [6, 6.07) is 18.7. The maximum absolute atomic E-state index is 6.30. The topological polar surface area (TPSA) is 57.0 Å². The first-order valence-electron chi connectivity index (χ1n) is 10.0. The van der Waals surface area contributed by atoms with Crippen molar-refractivity contribution in [3.8, 4) is 5.75 Å². The molecule has 0 saturated heterocycles. The molecule has 0 amide bonds. The lowest BCUT2D eigenvalue weighted by Gasteiger charge is -2.23. The lowest BCUT2D eigenvalue weighted by Crippen LogP contribution is -2.27. The maximum Gasteiger partial charge on any atom is 0.125 e. The van der Waals surface area contributed by atoms with E-state index in [0.29, 0.717) is 33.0 Å². The van der Waals surface area contributed by atoms with Crippen LogP contribution in [-0.2, 0) is 9.47 Å². The Hall–Kier alpha value is -1.92. The highest BCUT2D eigenvalue weighted by Crippen LogP contribution is 2.25. The van der Waals surface area contributed by atoms with Crippen molar-refractivity contribution in [2.24, 2.45) is 5.73 Å². The molecule has 0 radical (unpaired) electrons. The van der Waals surface area contributed by atoms with Crippen LogP contribution < -0.4 is 10.5 Å². The molecule has 5 nitrogen and oxygen atoms in total. The molecule has 2 aromatic rings. The van der Waals surface area contributed by atoms with Crippen molar-refractivity contribution < 1.29 is 14.2 Å². The van der Waals surface area contributed by atoms with Crippen LogP contribution in [-0.4, -0.2) is 58.0 Å². The Labute approximate surface area is 169 Å². The number of ether oxygens (including phenoxy) is 3. The quantitative estimate of drug-likeness (QED) is 0.504. The molecule has 1 atom stereocenters. The monoisotopic (exact) mass is 386 g/mol. The molecule has 5 heteroatoms. The van der Waals surface area contributed by atoms with Gasteiger partial charge in [0.05, 0.1) is 26.4 Å². The molecule has 2 N–H and O–H groups in total. The zero-order chi connectivity index (χ0) is 20.0. The smallest absolute Gasteiger partial charge is 0.125 e. The Morgan fingerprint density at radius 3 is 2.21 bits per heavy atom. The molecule has 154 valence electrons. The van der Waals surface area contributed by atoms with Crippen molar-refractivity contribution in [1.29, 1.82) is 0 Å². The van der Waals surface area contributed by atoms with Gasteiger partial charge in [-0.25, -0.2) is 0 Å². The fraction of sp³-hybridized carbons (Fsp3) is 0.478. The van der Waals surface area contributed by atoms with E-state index in [1.165, 1.54) is 11.1 Å². The fourth-order valence-electron chi connectivity index (χ4n) is 2.82. The molecule has 0 heterocycles. The van der Waals surface area contributed by atoms with E-state index in [4.69, 9.17) is 19.9 Å².